The van der Waals surface area contributed by atoms with E-state index in [9.17, 15) is 14.0 Å². The molecule has 1 saturated heterocycles. The third-order valence-electron chi connectivity index (χ3n) is 7.02. The topological polar surface area (TPSA) is 52.6 Å². The van der Waals surface area contributed by atoms with Crippen molar-refractivity contribution in [3.05, 3.63) is 29.1 Å². The number of amides is 2. The van der Waals surface area contributed by atoms with Gasteiger partial charge in [-0.3, -0.25) is 14.5 Å². The van der Waals surface area contributed by atoms with E-state index in [-0.39, 0.29) is 23.7 Å². The van der Waals surface area contributed by atoms with Gasteiger partial charge < -0.3 is 10.2 Å². The molecule has 1 heterocycles. The maximum absolute atomic E-state index is 14.3. The number of halogens is 1. The van der Waals surface area contributed by atoms with E-state index in [0.29, 0.717) is 30.5 Å². The van der Waals surface area contributed by atoms with Crippen molar-refractivity contribution < 1.29 is 14.0 Å². The fourth-order valence-corrected chi connectivity index (χ4v) is 4.97. The van der Waals surface area contributed by atoms with E-state index in [4.69, 9.17) is 0 Å². The van der Waals surface area contributed by atoms with Gasteiger partial charge in [0, 0.05) is 50.2 Å². The van der Waals surface area contributed by atoms with Gasteiger partial charge in [-0.25, -0.2) is 4.39 Å². The number of carbonyl (C=O) groups is 2. The highest BCUT2D eigenvalue weighted by atomic mass is 19.1. The summed E-state index contributed by atoms with van der Waals surface area (Å²) in [6, 6.07) is 3.16. The van der Waals surface area contributed by atoms with E-state index in [1.165, 1.54) is 18.9 Å². The van der Waals surface area contributed by atoms with Gasteiger partial charge in [0.2, 0.25) is 11.8 Å². The molecule has 1 aromatic carbocycles. The Kier molecular flexibility index (Phi) is 6.42. The lowest BCUT2D eigenvalue weighted by atomic mass is 10.0. The summed E-state index contributed by atoms with van der Waals surface area (Å²) in [6.07, 6.45) is 7.17. The van der Waals surface area contributed by atoms with Crippen LogP contribution in [0.15, 0.2) is 12.1 Å². The lowest BCUT2D eigenvalue weighted by Crippen LogP contribution is -2.54. The second kappa shape index (κ2) is 9.04. The van der Waals surface area contributed by atoms with Gasteiger partial charge in [-0.1, -0.05) is 12.8 Å². The van der Waals surface area contributed by atoms with Crippen molar-refractivity contribution in [1.82, 2.24) is 9.80 Å². The van der Waals surface area contributed by atoms with Gasteiger partial charge >= 0.3 is 0 Å². The summed E-state index contributed by atoms with van der Waals surface area (Å²) in [7, 11) is 0. The van der Waals surface area contributed by atoms with Crippen LogP contribution >= 0.6 is 0 Å². The number of hydrogen-bond donors (Lipinski definition) is 1. The second-order valence-electron chi connectivity index (χ2n) is 9.53. The van der Waals surface area contributed by atoms with E-state index in [1.54, 1.807) is 6.07 Å². The minimum atomic E-state index is -0.319. The predicted octanol–water partition coefficient (Wildman–Crippen LogP) is 4.10. The molecule has 3 aliphatic rings. The molecule has 6 heteroatoms. The van der Waals surface area contributed by atoms with Crippen molar-refractivity contribution >= 4 is 17.5 Å². The number of nitrogens with zero attached hydrogens (tertiary/aromatic N) is 2. The molecule has 2 amide bonds. The molecule has 0 radical (unpaired) electrons. The Bertz CT molecular complexity index is 802. The Balaban J connectivity index is 1.38. The summed E-state index contributed by atoms with van der Waals surface area (Å²) in [5.74, 6) is 0.696. The highest BCUT2D eigenvalue weighted by molar-refractivity contribution is 5.92. The number of hydrogen-bond acceptors (Lipinski definition) is 3. The zero-order chi connectivity index (χ0) is 21.3. The molecule has 4 rings (SSSR count). The van der Waals surface area contributed by atoms with Crippen LogP contribution < -0.4 is 5.32 Å². The molecule has 30 heavy (non-hydrogen) atoms. The lowest BCUT2D eigenvalue weighted by molar-refractivity contribution is -0.140. The van der Waals surface area contributed by atoms with E-state index >= 15 is 0 Å². The van der Waals surface area contributed by atoms with Crippen LogP contribution in [0, 0.1) is 24.6 Å². The van der Waals surface area contributed by atoms with Crippen molar-refractivity contribution in [1.29, 1.82) is 0 Å². The molecule has 5 nitrogen and oxygen atoms in total. The molecule has 3 fully saturated rings. The molecule has 2 saturated carbocycles. The van der Waals surface area contributed by atoms with Crippen molar-refractivity contribution in [3.8, 4) is 0 Å². The van der Waals surface area contributed by atoms with Gasteiger partial charge in [-0.2, -0.15) is 0 Å². The van der Waals surface area contributed by atoms with Gasteiger partial charge in [-0.05, 0) is 68.7 Å². The molecule has 164 valence electrons. The monoisotopic (exact) mass is 415 g/mol. The minimum Gasteiger partial charge on any atom is -0.337 e. The number of nitrogens with one attached hydrogen (secondary N) is 1. The summed E-state index contributed by atoms with van der Waals surface area (Å²) >= 11 is 0. The fourth-order valence-electron chi connectivity index (χ4n) is 4.97. The summed E-state index contributed by atoms with van der Waals surface area (Å²) in [6.45, 7) is 7.01. The van der Waals surface area contributed by atoms with Crippen LogP contribution in [-0.4, -0.2) is 47.3 Å². The zero-order valence-corrected chi connectivity index (χ0v) is 18.3. The van der Waals surface area contributed by atoms with Crippen molar-refractivity contribution in [2.75, 3.05) is 25.0 Å². The number of piperazine rings is 1. The second-order valence-corrected chi connectivity index (χ2v) is 9.53. The molecule has 1 aliphatic heterocycles. The lowest BCUT2D eigenvalue weighted by Gasteiger charge is -2.41. The largest absolute Gasteiger partial charge is 0.337 e. The molecule has 0 bridgehead atoms. The van der Waals surface area contributed by atoms with Crippen LogP contribution in [0.25, 0.3) is 0 Å². The molecule has 1 N–H and O–H groups in total. The Morgan fingerprint density at radius 3 is 2.53 bits per heavy atom. The quantitative estimate of drug-likeness (QED) is 0.761. The third-order valence-corrected chi connectivity index (χ3v) is 7.02. The highest BCUT2D eigenvalue weighted by Crippen LogP contribution is 2.33. The molecule has 0 spiro atoms. The van der Waals surface area contributed by atoms with Crippen LogP contribution in [0.1, 0.15) is 63.0 Å². The summed E-state index contributed by atoms with van der Waals surface area (Å²) in [5, 5.41) is 2.91. The Morgan fingerprint density at radius 1 is 1.13 bits per heavy atom. The SMILES string of the molecule is Cc1c(CN2CCN(C(=O)C3CCCC3)C(C)C2)cc(F)cc1NC(=O)CC1CC1. The van der Waals surface area contributed by atoms with E-state index in [2.05, 4.69) is 22.0 Å². The highest BCUT2D eigenvalue weighted by Gasteiger charge is 2.33. The van der Waals surface area contributed by atoms with E-state index in [0.717, 1.165) is 56.4 Å². The summed E-state index contributed by atoms with van der Waals surface area (Å²) in [4.78, 5) is 29.4. The van der Waals surface area contributed by atoms with Crippen LogP contribution in [0.3, 0.4) is 0 Å². The van der Waals surface area contributed by atoms with Gasteiger partial charge in [0.25, 0.3) is 0 Å². The minimum absolute atomic E-state index is 0.0233. The number of benzene rings is 1. The summed E-state index contributed by atoms with van der Waals surface area (Å²) in [5.41, 5.74) is 2.41. The first-order chi connectivity index (χ1) is 14.4. The standard InChI is InChI=1S/C24H34FN3O2/c1-16-14-27(9-10-28(16)24(30)19-5-3-4-6-19)15-20-12-21(25)13-22(17(20)2)26-23(29)11-18-7-8-18/h12-13,16,18-19H,3-11,14-15H2,1-2H3,(H,26,29). The molecular formula is C24H34FN3O2. The van der Waals surface area contributed by atoms with Crippen LogP contribution in [0.5, 0.6) is 0 Å². The maximum Gasteiger partial charge on any atom is 0.226 e. The van der Waals surface area contributed by atoms with Crippen LogP contribution in [0.2, 0.25) is 0 Å². The Hall–Kier alpha value is -1.95. The molecule has 1 aromatic rings. The van der Waals surface area contributed by atoms with Gasteiger partial charge in [0.05, 0.1) is 0 Å². The molecule has 2 aliphatic carbocycles. The molecular weight excluding hydrogens is 381 g/mol. The zero-order valence-electron chi connectivity index (χ0n) is 18.3. The van der Waals surface area contributed by atoms with Gasteiger partial charge in [0.15, 0.2) is 0 Å². The number of anilines is 1. The smallest absolute Gasteiger partial charge is 0.226 e. The fraction of sp³-hybridized carbons (Fsp3) is 0.667. The van der Waals surface area contributed by atoms with Crippen molar-refractivity contribution in [2.24, 2.45) is 11.8 Å². The third kappa shape index (κ3) is 5.02. The molecule has 1 unspecified atom stereocenters. The summed E-state index contributed by atoms with van der Waals surface area (Å²) < 4.78 is 14.3. The van der Waals surface area contributed by atoms with Crippen molar-refractivity contribution in [2.45, 2.75) is 71.4 Å². The van der Waals surface area contributed by atoms with Gasteiger partial charge in [0.1, 0.15) is 5.82 Å². The Labute approximate surface area is 179 Å². The Morgan fingerprint density at radius 2 is 1.87 bits per heavy atom. The molecule has 0 aromatic heterocycles. The number of rotatable bonds is 6. The van der Waals surface area contributed by atoms with E-state index < -0.39 is 0 Å². The predicted molar refractivity (Wildman–Crippen MR) is 116 cm³/mol. The first-order valence-corrected chi connectivity index (χ1v) is 11.5. The average molecular weight is 416 g/mol. The first kappa shape index (κ1) is 21.3. The van der Waals surface area contributed by atoms with E-state index in [1.807, 2.05) is 6.92 Å². The first-order valence-electron chi connectivity index (χ1n) is 11.5. The normalized spacial score (nSPS) is 23.0. The van der Waals surface area contributed by atoms with Gasteiger partial charge in [-0.15, -0.1) is 0 Å². The molecule has 1 atom stereocenters. The van der Waals surface area contributed by atoms with Crippen molar-refractivity contribution in [3.63, 3.8) is 0 Å². The maximum atomic E-state index is 14.3. The number of carbonyl (C=O) groups excluding carboxylic acids is 2. The van der Waals surface area contributed by atoms with Crippen LogP contribution in [-0.2, 0) is 16.1 Å². The average Bonchev–Trinajstić information content (AvgIpc) is 3.33. The van der Waals surface area contributed by atoms with Crippen LogP contribution in [0.4, 0.5) is 10.1 Å².